The maximum Gasteiger partial charge on any atom is 0.115 e. The molecule has 2 rings (SSSR count). The Morgan fingerprint density at radius 3 is 2.94 bits per heavy atom. The van der Waals surface area contributed by atoms with E-state index in [9.17, 15) is 5.11 Å². The summed E-state index contributed by atoms with van der Waals surface area (Å²) in [5.74, 6) is 1.11. The van der Waals surface area contributed by atoms with Crippen LogP contribution < -0.4 is 5.73 Å². The third-order valence-electron chi connectivity index (χ3n) is 4.15. The lowest BCUT2D eigenvalue weighted by Gasteiger charge is -2.41. The van der Waals surface area contributed by atoms with E-state index in [0.717, 1.165) is 12.5 Å². The summed E-state index contributed by atoms with van der Waals surface area (Å²) in [6.45, 7) is 6.32. The van der Waals surface area contributed by atoms with Crippen molar-refractivity contribution in [2.75, 3.05) is 13.1 Å². The van der Waals surface area contributed by atoms with Crippen molar-refractivity contribution in [3.63, 3.8) is 0 Å². The van der Waals surface area contributed by atoms with Gasteiger partial charge in [0.25, 0.3) is 0 Å². The van der Waals surface area contributed by atoms with Crippen LogP contribution >= 0.6 is 0 Å². The van der Waals surface area contributed by atoms with Crippen molar-refractivity contribution >= 4 is 0 Å². The van der Waals surface area contributed by atoms with E-state index < -0.39 is 0 Å². The molecule has 0 amide bonds. The fourth-order valence-electron chi connectivity index (χ4n) is 2.99. The number of piperidine rings is 1. The van der Waals surface area contributed by atoms with Crippen LogP contribution in [0.5, 0.6) is 5.75 Å². The number of aromatic hydroxyl groups is 1. The van der Waals surface area contributed by atoms with Crippen molar-refractivity contribution in [2.45, 2.75) is 38.8 Å². The highest BCUT2D eigenvalue weighted by atomic mass is 16.3. The second kappa shape index (κ2) is 5.72. The number of rotatable bonds is 3. The van der Waals surface area contributed by atoms with Crippen LogP contribution in [0.3, 0.4) is 0 Å². The Labute approximate surface area is 110 Å². The molecule has 0 bridgehead atoms. The second-order valence-corrected chi connectivity index (χ2v) is 5.53. The van der Waals surface area contributed by atoms with Gasteiger partial charge in [0.05, 0.1) is 0 Å². The van der Waals surface area contributed by atoms with Crippen molar-refractivity contribution in [2.24, 2.45) is 11.7 Å². The molecule has 3 nitrogen and oxygen atoms in total. The number of benzene rings is 1. The van der Waals surface area contributed by atoms with E-state index in [1.807, 2.05) is 12.1 Å². The molecule has 3 unspecified atom stereocenters. The van der Waals surface area contributed by atoms with Gasteiger partial charge in [0.1, 0.15) is 5.75 Å². The first-order valence-electron chi connectivity index (χ1n) is 6.86. The molecule has 0 radical (unpaired) electrons. The van der Waals surface area contributed by atoms with Crippen LogP contribution in [0.25, 0.3) is 0 Å². The summed E-state index contributed by atoms with van der Waals surface area (Å²) in [7, 11) is 0. The van der Waals surface area contributed by atoms with Crippen LogP contribution in [0.2, 0.25) is 0 Å². The Morgan fingerprint density at radius 2 is 2.28 bits per heavy atom. The Bertz CT molecular complexity index is 394. The van der Waals surface area contributed by atoms with E-state index >= 15 is 0 Å². The van der Waals surface area contributed by atoms with Crippen molar-refractivity contribution in [1.82, 2.24) is 4.90 Å². The van der Waals surface area contributed by atoms with Gasteiger partial charge in [-0.15, -0.1) is 0 Å². The van der Waals surface area contributed by atoms with Crippen LogP contribution in [0, 0.1) is 5.92 Å². The van der Waals surface area contributed by atoms with Crippen LogP contribution in [0.4, 0.5) is 0 Å². The Kier molecular flexibility index (Phi) is 4.25. The standard InChI is InChI=1S/C15H24N2O/c1-11-6-7-17(14(8-11)10-16)12(2)13-4-3-5-15(18)9-13/h3-5,9,11-12,14,18H,6-8,10,16H2,1-2H3. The average molecular weight is 248 g/mol. The number of phenolic OH excluding ortho intramolecular Hbond substituents is 1. The van der Waals surface area contributed by atoms with Gasteiger partial charge in [-0.3, -0.25) is 4.90 Å². The van der Waals surface area contributed by atoms with Crippen LogP contribution in [0.15, 0.2) is 24.3 Å². The minimum absolute atomic E-state index is 0.318. The molecule has 1 heterocycles. The highest BCUT2D eigenvalue weighted by Gasteiger charge is 2.29. The molecule has 1 aromatic rings. The van der Waals surface area contributed by atoms with Gasteiger partial charge in [-0.05, 0) is 49.9 Å². The smallest absolute Gasteiger partial charge is 0.115 e. The molecule has 18 heavy (non-hydrogen) atoms. The quantitative estimate of drug-likeness (QED) is 0.864. The van der Waals surface area contributed by atoms with Gasteiger partial charge in [0.2, 0.25) is 0 Å². The molecular formula is C15H24N2O. The molecule has 0 aliphatic carbocycles. The summed E-state index contributed by atoms with van der Waals surface area (Å²) in [6, 6.07) is 8.34. The predicted molar refractivity (Wildman–Crippen MR) is 74.5 cm³/mol. The van der Waals surface area contributed by atoms with E-state index in [1.54, 1.807) is 6.07 Å². The summed E-state index contributed by atoms with van der Waals surface area (Å²) in [5.41, 5.74) is 7.08. The molecule has 100 valence electrons. The normalized spacial score (nSPS) is 27.1. The number of phenols is 1. The van der Waals surface area contributed by atoms with Crippen molar-refractivity contribution in [3.8, 4) is 5.75 Å². The van der Waals surface area contributed by atoms with E-state index in [4.69, 9.17) is 5.73 Å². The minimum atomic E-state index is 0.318. The lowest BCUT2D eigenvalue weighted by Crippen LogP contribution is -2.47. The van der Waals surface area contributed by atoms with Crippen LogP contribution in [-0.4, -0.2) is 29.1 Å². The Hall–Kier alpha value is -1.06. The number of nitrogens with two attached hydrogens (primary N) is 1. The fraction of sp³-hybridized carbons (Fsp3) is 0.600. The molecular weight excluding hydrogens is 224 g/mol. The molecule has 1 aliphatic heterocycles. The number of hydrogen-bond donors (Lipinski definition) is 2. The Morgan fingerprint density at radius 1 is 1.50 bits per heavy atom. The molecule has 0 spiro atoms. The summed E-state index contributed by atoms with van der Waals surface area (Å²) >= 11 is 0. The lowest BCUT2D eigenvalue weighted by atomic mass is 9.90. The molecule has 1 fully saturated rings. The number of hydrogen-bond acceptors (Lipinski definition) is 3. The molecule has 3 atom stereocenters. The highest BCUT2D eigenvalue weighted by molar-refractivity contribution is 5.29. The maximum absolute atomic E-state index is 9.58. The molecule has 3 heteroatoms. The zero-order chi connectivity index (χ0) is 13.1. The van der Waals surface area contributed by atoms with E-state index in [2.05, 4.69) is 24.8 Å². The monoisotopic (exact) mass is 248 g/mol. The Balaban J connectivity index is 2.14. The first-order valence-corrected chi connectivity index (χ1v) is 6.86. The summed E-state index contributed by atoms with van der Waals surface area (Å²) < 4.78 is 0. The topological polar surface area (TPSA) is 49.5 Å². The van der Waals surface area contributed by atoms with Gasteiger partial charge >= 0.3 is 0 Å². The van der Waals surface area contributed by atoms with Crippen molar-refractivity contribution in [3.05, 3.63) is 29.8 Å². The molecule has 0 saturated carbocycles. The second-order valence-electron chi connectivity index (χ2n) is 5.53. The van der Waals surface area contributed by atoms with E-state index in [1.165, 1.54) is 18.4 Å². The molecule has 3 N–H and O–H groups in total. The third-order valence-corrected chi connectivity index (χ3v) is 4.15. The predicted octanol–water partition coefficient (Wildman–Crippen LogP) is 2.51. The van der Waals surface area contributed by atoms with Gasteiger partial charge in [-0.1, -0.05) is 19.1 Å². The van der Waals surface area contributed by atoms with Crippen molar-refractivity contribution < 1.29 is 5.11 Å². The van der Waals surface area contributed by atoms with Gasteiger partial charge in [-0.2, -0.15) is 0 Å². The molecule has 1 aromatic carbocycles. The van der Waals surface area contributed by atoms with Crippen molar-refractivity contribution in [1.29, 1.82) is 0 Å². The SMILES string of the molecule is CC1CCN(C(C)c2cccc(O)c2)C(CN)C1. The maximum atomic E-state index is 9.58. The summed E-state index contributed by atoms with van der Waals surface area (Å²) in [4.78, 5) is 2.48. The summed E-state index contributed by atoms with van der Waals surface area (Å²) in [6.07, 6.45) is 2.42. The zero-order valence-corrected chi connectivity index (χ0v) is 11.3. The van der Waals surface area contributed by atoms with E-state index in [0.29, 0.717) is 24.4 Å². The largest absolute Gasteiger partial charge is 0.508 e. The first-order chi connectivity index (χ1) is 8.61. The molecule has 0 aromatic heterocycles. The fourth-order valence-corrected chi connectivity index (χ4v) is 2.99. The average Bonchev–Trinajstić information content (AvgIpc) is 2.37. The first kappa shape index (κ1) is 13.4. The molecule has 1 aliphatic rings. The van der Waals surface area contributed by atoms with Gasteiger partial charge in [0.15, 0.2) is 0 Å². The highest BCUT2D eigenvalue weighted by Crippen LogP contribution is 2.31. The van der Waals surface area contributed by atoms with Gasteiger partial charge in [-0.25, -0.2) is 0 Å². The molecule has 1 saturated heterocycles. The van der Waals surface area contributed by atoms with E-state index in [-0.39, 0.29) is 0 Å². The lowest BCUT2D eigenvalue weighted by molar-refractivity contribution is 0.0833. The number of nitrogens with zero attached hydrogens (tertiary/aromatic N) is 1. The minimum Gasteiger partial charge on any atom is -0.508 e. The third kappa shape index (κ3) is 2.85. The van der Waals surface area contributed by atoms with Crippen LogP contribution in [-0.2, 0) is 0 Å². The van der Waals surface area contributed by atoms with Gasteiger partial charge < -0.3 is 10.8 Å². The number of likely N-dealkylation sites (tertiary alicyclic amines) is 1. The van der Waals surface area contributed by atoms with Crippen LogP contribution in [0.1, 0.15) is 38.3 Å². The van der Waals surface area contributed by atoms with Gasteiger partial charge in [0, 0.05) is 18.6 Å². The summed E-state index contributed by atoms with van der Waals surface area (Å²) in [5, 5.41) is 9.58. The zero-order valence-electron chi connectivity index (χ0n) is 11.3.